The van der Waals surface area contributed by atoms with Crippen LogP contribution in [0.2, 0.25) is 5.15 Å². The zero-order valence-electron chi connectivity index (χ0n) is 12.4. The summed E-state index contributed by atoms with van der Waals surface area (Å²) < 4.78 is 5.41. The number of nitrogens with zero attached hydrogens (tertiary/aromatic N) is 3. The molecule has 0 saturated carbocycles. The fraction of sp³-hybridized carbons (Fsp3) is 0.667. The van der Waals surface area contributed by atoms with Crippen LogP contribution in [-0.2, 0) is 11.3 Å². The maximum atomic E-state index is 5.90. The number of aromatic nitrogens is 1. The molecule has 0 aliphatic carbocycles. The van der Waals surface area contributed by atoms with Crippen LogP contribution in [-0.4, -0.2) is 60.7 Å². The van der Waals surface area contributed by atoms with Gasteiger partial charge in [-0.3, -0.25) is 9.80 Å². The van der Waals surface area contributed by atoms with E-state index < -0.39 is 0 Å². The van der Waals surface area contributed by atoms with Crippen molar-refractivity contribution in [2.24, 2.45) is 0 Å². The Morgan fingerprint density at radius 3 is 2.55 bits per heavy atom. The van der Waals surface area contributed by atoms with Crippen molar-refractivity contribution in [3.05, 3.63) is 28.5 Å². The second-order valence-corrected chi connectivity index (χ2v) is 5.58. The summed E-state index contributed by atoms with van der Waals surface area (Å²) in [6.45, 7) is 12.2. The Morgan fingerprint density at radius 2 is 1.90 bits per heavy atom. The molecule has 0 radical (unpaired) electrons. The summed E-state index contributed by atoms with van der Waals surface area (Å²) in [5.74, 6) is 0. The minimum atomic E-state index is 0.576. The fourth-order valence-electron chi connectivity index (χ4n) is 2.48. The summed E-state index contributed by atoms with van der Waals surface area (Å²) in [7, 11) is 0. The van der Waals surface area contributed by atoms with E-state index in [0.717, 1.165) is 58.2 Å². The first-order chi connectivity index (χ1) is 9.69. The second kappa shape index (κ2) is 7.93. The number of hydrogen-bond acceptors (Lipinski definition) is 4. The van der Waals surface area contributed by atoms with Crippen LogP contribution in [0.1, 0.15) is 18.2 Å². The monoisotopic (exact) mass is 297 g/mol. The highest BCUT2D eigenvalue weighted by atomic mass is 35.5. The third-order valence-electron chi connectivity index (χ3n) is 3.78. The standard InChI is InChI=1S/C15H24ClN3O/c1-3-20-11-10-18-6-8-19(9-7-18)12-14-4-5-15(16)17-13(14)2/h4-5H,3,6-12H2,1-2H3. The first-order valence-electron chi connectivity index (χ1n) is 7.33. The Hall–Kier alpha value is -0.680. The number of pyridine rings is 1. The van der Waals surface area contributed by atoms with E-state index in [9.17, 15) is 0 Å². The summed E-state index contributed by atoms with van der Waals surface area (Å²) in [5, 5.41) is 0.576. The number of rotatable bonds is 6. The summed E-state index contributed by atoms with van der Waals surface area (Å²) in [5.41, 5.74) is 2.31. The predicted octanol–water partition coefficient (Wildman–Crippen LogP) is 2.20. The molecule has 1 aromatic heterocycles. The largest absolute Gasteiger partial charge is 0.380 e. The number of halogens is 1. The SMILES string of the molecule is CCOCCN1CCN(Cc2ccc(Cl)nc2C)CC1. The van der Waals surface area contributed by atoms with Crippen molar-refractivity contribution in [2.45, 2.75) is 20.4 Å². The third-order valence-corrected chi connectivity index (χ3v) is 3.99. The molecule has 112 valence electrons. The molecule has 1 aliphatic heterocycles. The molecule has 0 spiro atoms. The molecule has 1 aliphatic rings. The molecule has 1 aromatic rings. The van der Waals surface area contributed by atoms with Crippen molar-refractivity contribution < 1.29 is 4.74 Å². The normalized spacial score (nSPS) is 17.6. The van der Waals surface area contributed by atoms with Gasteiger partial charge in [0.15, 0.2) is 0 Å². The Bertz CT molecular complexity index is 420. The molecule has 2 rings (SSSR count). The highest BCUT2D eigenvalue weighted by Gasteiger charge is 2.17. The molecule has 1 fully saturated rings. The van der Waals surface area contributed by atoms with E-state index in [1.54, 1.807) is 0 Å². The van der Waals surface area contributed by atoms with Crippen LogP contribution < -0.4 is 0 Å². The number of hydrogen-bond donors (Lipinski definition) is 0. The average Bonchev–Trinajstić information content (AvgIpc) is 2.44. The lowest BCUT2D eigenvalue weighted by atomic mass is 10.2. The smallest absolute Gasteiger partial charge is 0.129 e. The highest BCUT2D eigenvalue weighted by molar-refractivity contribution is 6.29. The van der Waals surface area contributed by atoms with Crippen LogP contribution in [0.15, 0.2) is 12.1 Å². The van der Waals surface area contributed by atoms with Gasteiger partial charge in [0.05, 0.1) is 6.61 Å². The van der Waals surface area contributed by atoms with E-state index in [0.29, 0.717) is 5.15 Å². The molecule has 4 nitrogen and oxygen atoms in total. The highest BCUT2D eigenvalue weighted by Crippen LogP contribution is 2.14. The molecule has 5 heteroatoms. The van der Waals surface area contributed by atoms with Gasteiger partial charge in [0, 0.05) is 51.6 Å². The first kappa shape index (κ1) is 15.7. The summed E-state index contributed by atoms with van der Waals surface area (Å²) in [4.78, 5) is 9.27. The van der Waals surface area contributed by atoms with E-state index in [4.69, 9.17) is 16.3 Å². The molecule has 0 N–H and O–H groups in total. The van der Waals surface area contributed by atoms with Crippen molar-refractivity contribution >= 4 is 11.6 Å². The number of aryl methyl sites for hydroxylation is 1. The van der Waals surface area contributed by atoms with Gasteiger partial charge < -0.3 is 4.74 Å². The molecule has 20 heavy (non-hydrogen) atoms. The minimum absolute atomic E-state index is 0.576. The Morgan fingerprint density at radius 1 is 1.20 bits per heavy atom. The molecular weight excluding hydrogens is 274 g/mol. The van der Waals surface area contributed by atoms with Crippen molar-refractivity contribution in [3.8, 4) is 0 Å². The van der Waals surface area contributed by atoms with E-state index >= 15 is 0 Å². The van der Waals surface area contributed by atoms with Crippen LogP contribution in [0.3, 0.4) is 0 Å². The minimum Gasteiger partial charge on any atom is -0.380 e. The number of piperazine rings is 1. The summed E-state index contributed by atoms with van der Waals surface area (Å²) >= 11 is 5.90. The van der Waals surface area contributed by atoms with E-state index in [-0.39, 0.29) is 0 Å². The molecule has 0 aromatic carbocycles. The molecular formula is C15H24ClN3O. The number of ether oxygens (including phenoxy) is 1. The van der Waals surface area contributed by atoms with Gasteiger partial charge in [-0.05, 0) is 25.5 Å². The Kier molecular flexibility index (Phi) is 6.23. The lowest BCUT2D eigenvalue weighted by Crippen LogP contribution is -2.46. The van der Waals surface area contributed by atoms with Crippen molar-refractivity contribution in [1.82, 2.24) is 14.8 Å². The second-order valence-electron chi connectivity index (χ2n) is 5.19. The van der Waals surface area contributed by atoms with Crippen molar-refractivity contribution in [1.29, 1.82) is 0 Å². The van der Waals surface area contributed by atoms with Gasteiger partial charge in [-0.2, -0.15) is 0 Å². The maximum Gasteiger partial charge on any atom is 0.129 e. The van der Waals surface area contributed by atoms with E-state index in [2.05, 4.69) is 20.9 Å². The molecule has 0 unspecified atom stereocenters. The zero-order chi connectivity index (χ0) is 14.4. The molecule has 0 atom stereocenters. The Balaban J connectivity index is 1.76. The van der Waals surface area contributed by atoms with Gasteiger partial charge in [0.25, 0.3) is 0 Å². The van der Waals surface area contributed by atoms with Crippen LogP contribution >= 0.6 is 11.6 Å². The molecule has 0 bridgehead atoms. The molecule has 1 saturated heterocycles. The topological polar surface area (TPSA) is 28.6 Å². The lowest BCUT2D eigenvalue weighted by molar-refractivity contribution is 0.0785. The van der Waals surface area contributed by atoms with E-state index in [1.807, 2.05) is 19.9 Å². The molecule has 2 heterocycles. The maximum absolute atomic E-state index is 5.90. The third kappa shape index (κ3) is 4.70. The van der Waals surface area contributed by atoms with Crippen LogP contribution in [0.25, 0.3) is 0 Å². The zero-order valence-corrected chi connectivity index (χ0v) is 13.2. The van der Waals surface area contributed by atoms with Crippen molar-refractivity contribution in [3.63, 3.8) is 0 Å². The predicted molar refractivity (Wildman–Crippen MR) is 82.2 cm³/mol. The first-order valence-corrected chi connectivity index (χ1v) is 7.71. The summed E-state index contributed by atoms with van der Waals surface area (Å²) in [6.07, 6.45) is 0. The average molecular weight is 298 g/mol. The van der Waals surface area contributed by atoms with Crippen LogP contribution in [0.4, 0.5) is 0 Å². The Labute approximate surface area is 126 Å². The van der Waals surface area contributed by atoms with Gasteiger partial charge in [0.2, 0.25) is 0 Å². The fourth-order valence-corrected chi connectivity index (χ4v) is 2.67. The van der Waals surface area contributed by atoms with Gasteiger partial charge in [-0.15, -0.1) is 0 Å². The van der Waals surface area contributed by atoms with Gasteiger partial charge in [-0.1, -0.05) is 17.7 Å². The van der Waals surface area contributed by atoms with Crippen molar-refractivity contribution in [2.75, 3.05) is 45.9 Å². The van der Waals surface area contributed by atoms with Gasteiger partial charge >= 0.3 is 0 Å². The van der Waals surface area contributed by atoms with Gasteiger partial charge in [0.1, 0.15) is 5.15 Å². The van der Waals surface area contributed by atoms with Crippen LogP contribution in [0.5, 0.6) is 0 Å². The van der Waals surface area contributed by atoms with Crippen LogP contribution in [0, 0.1) is 6.92 Å². The lowest BCUT2D eigenvalue weighted by Gasteiger charge is -2.34. The van der Waals surface area contributed by atoms with E-state index in [1.165, 1.54) is 5.56 Å². The summed E-state index contributed by atoms with van der Waals surface area (Å²) in [6, 6.07) is 3.97. The molecule has 0 amide bonds. The van der Waals surface area contributed by atoms with Gasteiger partial charge in [-0.25, -0.2) is 4.98 Å². The quantitative estimate of drug-likeness (QED) is 0.594.